The molecule has 1 atom stereocenters. The predicted molar refractivity (Wildman–Crippen MR) is 168 cm³/mol. The number of Topliss-reactive ketones (excluding diaryl/α,β-unsaturated/α-hetero) is 1. The van der Waals surface area contributed by atoms with Crippen molar-refractivity contribution >= 4 is 23.3 Å². The topological polar surface area (TPSA) is 101 Å². The lowest BCUT2D eigenvalue weighted by molar-refractivity contribution is -0.138. The number of amides is 2. The number of aryl methyl sites for hydroxylation is 1. The molecule has 1 aliphatic rings. The first kappa shape index (κ1) is 31.9. The lowest BCUT2D eigenvalue weighted by Crippen LogP contribution is -2.34. The van der Waals surface area contributed by atoms with Crippen molar-refractivity contribution in [3.8, 4) is 5.69 Å². The van der Waals surface area contributed by atoms with Crippen LogP contribution in [0.15, 0.2) is 73.1 Å². The van der Waals surface area contributed by atoms with Gasteiger partial charge in [0.2, 0.25) is 0 Å². The molecule has 1 aliphatic heterocycles. The smallest absolute Gasteiger partial charge is 0.317 e. The Morgan fingerprint density at radius 2 is 1.69 bits per heavy atom. The van der Waals surface area contributed by atoms with Gasteiger partial charge in [0, 0.05) is 35.1 Å². The number of ketones is 1. The maximum atomic E-state index is 13.9. The monoisotopic (exact) mass is 618 g/mol. The van der Waals surface area contributed by atoms with Crippen LogP contribution in [-0.4, -0.2) is 39.7 Å². The summed E-state index contributed by atoms with van der Waals surface area (Å²) in [6.45, 7) is 9.40. The lowest BCUT2D eigenvalue weighted by atomic mass is 9.76. The van der Waals surface area contributed by atoms with E-state index in [1.807, 2.05) is 58.0 Å². The number of alkyl halides is 3. The minimum Gasteiger partial charge on any atom is -0.317 e. The molecule has 8 nitrogen and oxygen atoms in total. The van der Waals surface area contributed by atoms with E-state index < -0.39 is 35.0 Å². The molecule has 4 aromatic rings. The van der Waals surface area contributed by atoms with Crippen molar-refractivity contribution < 1.29 is 22.8 Å². The number of carbonyl (C=O) groups excluding carboxylic acids is 2. The van der Waals surface area contributed by atoms with Crippen LogP contribution >= 0.6 is 0 Å². The largest absolute Gasteiger partial charge is 0.417 e. The van der Waals surface area contributed by atoms with Gasteiger partial charge in [-0.1, -0.05) is 50.6 Å². The average Bonchev–Trinajstić information content (AvgIpc) is 3.42. The molecule has 2 aromatic heterocycles. The molecular formula is C34H37F3N6O2. The van der Waals surface area contributed by atoms with Gasteiger partial charge >= 0.3 is 12.2 Å². The van der Waals surface area contributed by atoms with Gasteiger partial charge in [0.1, 0.15) is 5.82 Å². The quantitative estimate of drug-likeness (QED) is 0.186. The number of hydrogen-bond acceptors (Lipinski definition) is 5. The van der Waals surface area contributed by atoms with Crippen LogP contribution in [0.4, 0.5) is 29.5 Å². The summed E-state index contributed by atoms with van der Waals surface area (Å²) in [7, 11) is 0. The summed E-state index contributed by atoms with van der Waals surface area (Å²) in [5, 5.41) is 13.7. The highest BCUT2D eigenvalue weighted by Crippen LogP contribution is 2.39. The Kier molecular flexibility index (Phi) is 9.11. The molecular weight excluding hydrogens is 581 g/mol. The molecule has 11 heteroatoms. The van der Waals surface area contributed by atoms with Crippen molar-refractivity contribution in [1.29, 1.82) is 0 Å². The van der Waals surface area contributed by atoms with E-state index in [-0.39, 0.29) is 11.3 Å². The molecule has 2 amide bonds. The summed E-state index contributed by atoms with van der Waals surface area (Å²) in [6, 6.07) is 16.7. The summed E-state index contributed by atoms with van der Waals surface area (Å²) in [5.41, 5.74) is 1.86. The average molecular weight is 619 g/mol. The molecule has 1 unspecified atom stereocenters. The van der Waals surface area contributed by atoms with Gasteiger partial charge in [0.15, 0.2) is 5.78 Å². The third-order valence-corrected chi connectivity index (χ3v) is 8.03. The summed E-state index contributed by atoms with van der Waals surface area (Å²) >= 11 is 0. The first-order chi connectivity index (χ1) is 21.3. The number of nitrogens with zero attached hydrogens (tertiary/aromatic N) is 3. The van der Waals surface area contributed by atoms with Crippen molar-refractivity contribution in [3.05, 3.63) is 101 Å². The molecule has 3 N–H and O–H groups in total. The number of piperidine rings is 1. The Morgan fingerprint density at radius 3 is 2.36 bits per heavy atom. The fourth-order valence-electron chi connectivity index (χ4n) is 5.63. The van der Waals surface area contributed by atoms with Crippen LogP contribution < -0.4 is 16.0 Å². The number of carbonyl (C=O) groups is 2. The van der Waals surface area contributed by atoms with Crippen LogP contribution in [-0.2, 0) is 11.6 Å². The highest BCUT2D eigenvalue weighted by Gasteiger charge is 2.39. The molecule has 45 heavy (non-hydrogen) atoms. The first-order valence-corrected chi connectivity index (χ1v) is 14.9. The van der Waals surface area contributed by atoms with E-state index >= 15 is 0 Å². The van der Waals surface area contributed by atoms with Crippen molar-refractivity contribution in [2.24, 2.45) is 5.92 Å². The van der Waals surface area contributed by atoms with Gasteiger partial charge in [-0.25, -0.2) is 9.48 Å². The zero-order valence-corrected chi connectivity index (χ0v) is 25.7. The molecule has 236 valence electrons. The second kappa shape index (κ2) is 12.8. The number of nitrogens with one attached hydrogen (secondary N) is 3. The molecule has 0 bridgehead atoms. The van der Waals surface area contributed by atoms with E-state index in [1.165, 1.54) is 0 Å². The van der Waals surface area contributed by atoms with E-state index in [4.69, 9.17) is 5.10 Å². The minimum absolute atomic E-state index is 0.191. The fraction of sp³-hybridized carbons (Fsp3) is 0.353. The third kappa shape index (κ3) is 7.42. The van der Waals surface area contributed by atoms with Gasteiger partial charge in [-0.05, 0) is 74.7 Å². The van der Waals surface area contributed by atoms with Gasteiger partial charge in [0.05, 0.1) is 22.9 Å². The zero-order chi connectivity index (χ0) is 32.4. The highest BCUT2D eigenvalue weighted by atomic mass is 19.4. The van der Waals surface area contributed by atoms with Crippen LogP contribution in [0.1, 0.15) is 72.3 Å². The van der Waals surface area contributed by atoms with Crippen LogP contribution in [0.2, 0.25) is 0 Å². The standard InChI is InChI=1S/C34H37F3N6O2/c1-21-8-10-25(11-9-21)43-29(19-28(42-43)33(2,3)4)41-32(45)40-24-7-5-6-23(18-24)30(22-12-15-38-16-13-22)31(44)26-20-39-17-14-27(26)34(35,36)37/h5-11,14,17-20,22,30,38H,12-13,15-16H2,1-4H3,(H2,40,41,45). The number of halogens is 3. The normalized spacial score (nSPS) is 15.0. The van der Waals surface area contributed by atoms with E-state index in [9.17, 15) is 22.8 Å². The molecule has 0 saturated carbocycles. The number of rotatable bonds is 7. The maximum absolute atomic E-state index is 13.9. The second-order valence-corrected chi connectivity index (χ2v) is 12.5. The Hall–Kier alpha value is -4.51. The molecule has 2 aromatic carbocycles. The molecule has 0 radical (unpaired) electrons. The SMILES string of the molecule is Cc1ccc(-n2nc(C(C)(C)C)cc2NC(=O)Nc2cccc(C(C(=O)c3cnccc3C(F)(F)F)C3CCNCC3)c2)cc1. The van der Waals surface area contributed by atoms with E-state index in [1.54, 1.807) is 28.9 Å². The molecule has 0 spiro atoms. The van der Waals surface area contributed by atoms with E-state index in [0.717, 1.165) is 35.4 Å². The molecule has 1 saturated heterocycles. The maximum Gasteiger partial charge on any atom is 0.417 e. The summed E-state index contributed by atoms with van der Waals surface area (Å²) in [4.78, 5) is 31.0. The Labute approximate surface area is 260 Å². The number of benzene rings is 2. The Balaban J connectivity index is 1.43. The number of aromatic nitrogens is 3. The number of anilines is 2. The highest BCUT2D eigenvalue weighted by molar-refractivity contribution is 6.03. The van der Waals surface area contributed by atoms with Gasteiger partial charge in [-0.2, -0.15) is 18.3 Å². The van der Waals surface area contributed by atoms with Crippen LogP contribution in [0.3, 0.4) is 0 Å². The predicted octanol–water partition coefficient (Wildman–Crippen LogP) is 7.50. The summed E-state index contributed by atoms with van der Waals surface area (Å²) < 4.78 is 43.3. The van der Waals surface area contributed by atoms with Crippen LogP contribution in [0.5, 0.6) is 0 Å². The summed E-state index contributed by atoms with van der Waals surface area (Å²) in [6.07, 6.45) is -1.42. The van der Waals surface area contributed by atoms with E-state index in [2.05, 4.69) is 20.9 Å². The Morgan fingerprint density at radius 1 is 0.978 bits per heavy atom. The number of urea groups is 1. The van der Waals surface area contributed by atoms with Crippen molar-refractivity contribution in [2.45, 2.75) is 58.0 Å². The van der Waals surface area contributed by atoms with Crippen molar-refractivity contribution in [1.82, 2.24) is 20.1 Å². The lowest BCUT2D eigenvalue weighted by Gasteiger charge is -2.31. The third-order valence-electron chi connectivity index (χ3n) is 8.03. The second-order valence-electron chi connectivity index (χ2n) is 12.5. The molecule has 3 heterocycles. The minimum atomic E-state index is -4.70. The van der Waals surface area contributed by atoms with Gasteiger partial charge in [-0.3, -0.25) is 15.1 Å². The summed E-state index contributed by atoms with van der Waals surface area (Å²) in [5.74, 6) is -1.21. The van der Waals surface area contributed by atoms with Crippen molar-refractivity contribution in [2.75, 3.05) is 23.7 Å². The van der Waals surface area contributed by atoms with E-state index in [0.29, 0.717) is 43.0 Å². The Bertz CT molecular complexity index is 1670. The first-order valence-electron chi connectivity index (χ1n) is 14.9. The fourth-order valence-corrected chi connectivity index (χ4v) is 5.63. The van der Waals surface area contributed by atoms with Crippen LogP contribution in [0, 0.1) is 12.8 Å². The number of hydrogen-bond donors (Lipinski definition) is 3. The van der Waals surface area contributed by atoms with Crippen LogP contribution in [0.25, 0.3) is 5.69 Å². The number of pyridine rings is 1. The van der Waals surface area contributed by atoms with Crippen molar-refractivity contribution in [3.63, 3.8) is 0 Å². The molecule has 0 aliphatic carbocycles. The molecule has 5 rings (SSSR count). The van der Waals surface area contributed by atoms with Gasteiger partial charge < -0.3 is 10.6 Å². The van der Waals surface area contributed by atoms with Gasteiger partial charge in [-0.15, -0.1) is 0 Å². The molecule has 1 fully saturated rings. The zero-order valence-electron chi connectivity index (χ0n) is 25.7. The van der Waals surface area contributed by atoms with Gasteiger partial charge in [0.25, 0.3) is 0 Å².